The Hall–Kier alpha value is -2.11. The van der Waals surface area contributed by atoms with Crippen LogP contribution in [0.1, 0.15) is 94.7 Å². The first kappa shape index (κ1) is 27.5. The average Bonchev–Trinajstić information content (AvgIpc) is 3.02. The maximum atomic E-state index is 13.3. The Morgan fingerprint density at radius 1 is 1.03 bits per heavy atom. The Balaban J connectivity index is 1.95. The van der Waals surface area contributed by atoms with Crippen LogP contribution in [0.15, 0.2) is 9.70 Å². The zero-order valence-corrected chi connectivity index (χ0v) is 23.0. The minimum absolute atomic E-state index is 0.0671. The summed E-state index contributed by atoms with van der Waals surface area (Å²) in [5.41, 5.74) is 1.34. The summed E-state index contributed by atoms with van der Waals surface area (Å²) >= 11 is 6.89. The lowest BCUT2D eigenvalue weighted by Crippen LogP contribution is -2.35. The van der Waals surface area contributed by atoms with Gasteiger partial charge in [-0.05, 0) is 44.7 Å². The number of aromatic nitrogens is 1. The van der Waals surface area contributed by atoms with E-state index in [0.717, 1.165) is 50.2 Å². The number of nitriles is 1. The third-order valence-corrected chi connectivity index (χ3v) is 8.33. The number of hydrogen-bond acceptors (Lipinski definition) is 6. The van der Waals surface area contributed by atoms with Crippen LogP contribution in [-0.4, -0.2) is 39.3 Å². The molecule has 2 saturated heterocycles. The molecule has 0 saturated carbocycles. The molecule has 8 heteroatoms. The fourth-order valence-corrected chi connectivity index (χ4v) is 6.23. The number of amides is 1. The molecule has 2 aliphatic rings. The maximum absolute atomic E-state index is 13.3. The monoisotopic (exact) mass is 514 g/mol. The van der Waals surface area contributed by atoms with Crippen molar-refractivity contribution >= 4 is 46.1 Å². The largest absolute Gasteiger partial charge is 0.357 e. The van der Waals surface area contributed by atoms with Crippen molar-refractivity contribution in [3.05, 3.63) is 31.9 Å². The summed E-state index contributed by atoms with van der Waals surface area (Å²) in [6, 6.07) is 2.11. The highest BCUT2D eigenvalue weighted by atomic mass is 32.2. The van der Waals surface area contributed by atoms with E-state index in [1.165, 1.54) is 50.3 Å². The fourth-order valence-electron chi connectivity index (χ4n) is 4.93. The van der Waals surface area contributed by atoms with Gasteiger partial charge in [0.05, 0.1) is 4.91 Å². The van der Waals surface area contributed by atoms with Gasteiger partial charge in [0.15, 0.2) is 0 Å². The normalized spacial score (nSPS) is 17.8. The van der Waals surface area contributed by atoms with Crippen molar-refractivity contribution in [1.82, 2.24) is 9.47 Å². The second-order valence-corrected chi connectivity index (χ2v) is 11.1. The van der Waals surface area contributed by atoms with Crippen LogP contribution in [0.4, 0.5) is 5.82 Å². The molecule has 0 N–H and O–H groups in total. The number of rotatable bonds is 10. The van der Waals surface area contributed by atoms with Crippen LogP contribution in [0.5, 0.6) is 0 Å². The lowest BCUT2D eigenvalue weighted by molar-refractivity contribution is -0.122. The van der Waals surface area contributed by atoms with E-state index in [4.69, 9.17) is 12.2 Å². The minimum atomic E-state index is -0.250. The number of anilines is 1. The molecule has 0 bridgehead atoms. The van der Waals surface area contributed by atoms with E-state index in [9.17, 15) is 14.9 Å². The lowest BCUT2D eigenvalue weighted by Gasteiger charge is -2.29. The molecule has 1 aromatic heterocycles. The average molecular weight is 515 g/mol. The number of thiocarbonyl (C=S) groups is 1. The van der Waals surface area contributed by atoms with Gasteiger partial charge in [-0.1, -0.05) is 75.8 Å². The zero-order chi connectivity index (χ0) is 25.4. The molecule has 0 atom stereocenters. The molecule has 2 fully saturated rings. The predicted molar refractivity (Wildman–Crippen MR) is 150 cm³/mol. The van der Waals surface area contributed by atoms with Crippen molar-refractivity contribution in [1.29, 1.82) is 5.26 Å². The first-order chi connectivity index (χ1) is 16.9. The van der Waals surface area contributed by atoms with Crippen LogP contribution < -0.4 is 10.5 Å². The first-order valence-corrected chi connectivity index (χ1v) is 14.3. The van der Waals surface area contributed by atoms with E-state index >= 15 is 0 Å². The summed E-state index contributed by atoms with van der Waals surface area (Å²) in [6.45, 7) is 8.81. The topological polar surface area (TPSA) is 69.3 Å². The molecule has 0 radical (unpaired) electrons. The smallest absolute Gasteiger partial charge is 0.270 e. The molecule has 1 aromatic rings. The standard InChI is InChI=1S/C27H38N4O2S2/c1-4-6-7-8-9-14-17-31-26(33)23(35-27(31)34)18-21-20(3)22(19-28)25(32)30(5-2)24(21)29-15-12-10-11-13-16-29/h18H,4-17H2,1-3H3/b23-18-. The van der Waals surface area contributed by atoms with Gasteiger partial charge in [-0.15, -0.1) is 0 Å². The van der Waals surface area contributed by atoms with Crippen molar-refractivity contribution in [2.24, 2.45) is 0 Å². The number of unbranched alkanes of at least 4 members (excludes halogenated alkanes) is 5. The van der Waals surface area contributed by atoms with Crippen LogP contribution in [0.2, 0.25) is 0 Å². The third-order valence-electron chi connectivity index (χ3n) is 6.95. The Morgan fingerprint density at radius 2 is 1.69 bits per heavy atom. The molecule has 1 amide bonds. The van der Waals surface area contributed by atoms with Gasteiger partial charge in [-0.2, -0.15) is 5.26 Å². The molecule has 6 nitrogen and oxygen atoms in total. The van der Waals surface area contributed by atoms with E-state index in [0.29, 0.717) is 27.9 Å². The van der Waals surface area contributed by atoms with E-state index < -0.39 is 0 Å². The molecule has 0 unspecified atom stereocenters. The van der Waals surface area contributed by atoms with Crippen molar-refractivity contribution in [2.45, 2.75) is 91.5 Å². The first-order valence-electron chi connectivity index (χ1n) is 13.1. The van der Waals surface area contributed by atoms with Gasteiger partial charge in [0, 0.05) is 31.7 Å². The number of nitrogens with zero attached hydrogens (tertiary/aromatic N) is 4. The second kappa shape index (κ2) is 13.3. The summed E-state index contributed by atoms with van der Waals surface area (Å²) in [6.07, 6.45) is 13.3. The maximum Gasteiger partial charge on any atom is 0.270 e. The molecule has 3 rings (SSSR count). The van der Waals surface area contributed by atoms with Crippen molar-refractivity contribution < 1.29 is 4.79 Å². The highest BCUT2D eigenvalue weighted by molar-refractivity contribution is 8.26. The zero-order valence-electron chi connectivity index (χ0n) is 21.4. The summed E-state index contributed by atoms with van der Waals surface area (Å²) in [5, 5.41) is 9.76. The summed E-state index contributed by atoms with van der Waals surface area (Å²) in [5.74, 6) is 0.764. The summed E-state index contributed by atoms with van der Waals surface area (Å²) in [4.78, 5) is 31.0. The van der Waals surface area contributed by atoms with E-state index in [1.54, 1.807) is 9.47 Å². The van der Waals surface area contributed by atoms with Crippen molar-refractivity contribution in [2.75, 3.05) is 24.5 Å². The van der Waals surface area contributed by atoms with Gasteiger partial charge in [-0.25, -0.2) is 0 Å². The molecule has 2 aliphatic heterocycles. The van der Waals surface area contributed by atoms with E-state index in [1.807, 2.05) is 19.9 Å². The van der Waals surface area contributed by atoms with Crippen LogP contribution in [0, 0.1) is 18.3 Å². The Kier molecular flexibility index (Phi) is 10.4. The molecule has 0 spiro atoms. The van der Waals surface area contributed by atoms with Crippen LogP contribution in [0.3, 0.4) is 0 Å². The number of carbonyl (C=O) groups is 1. The Bertz CT molecular complexity index is 1060. The predicted octanol–water partition coefficient (Wildman–Crippen LogP) is 5.99. The molecule has 0 aromatic carbocycles. The van der Waals surface area contributed by atoms with Crippen molar-refractivity contribution in [3.63, 3.8) is 0 Å². The van der Waals surface area contributed by atoms with Gasteiger partial charge in [0.1, 0.15) is 21.8 Å². The lowest BCUT2D eigenvalue weighted by atomic mass is 10.0. The second-order valence-electron chi connectivity index (χ2n) is 9.40. The van der Waals surface area contributed by atoms with Crippen LogP contribution >= 0.6 is 24.0 Å². The highest BCUT2D eigenvalue weighted by Gasteiger charge is 2.33. The van der Waals surface area contributed by atoms with E-state index in [-0.39, 0.29) is 17.0 Å². The summed E-state index contributed by atoms with van der Waals surface area (Å²) < 4.78 is 2.30. The number of hydrogen-bond donors (Lipinski definition) is 0. The van der Waals surface area contributed by atoms with Gasteiger partial charge in [0.25, 0.3) is 11.5 Å². The quantitative estimate of drug-likeness (QED) is 0.217. The number of thioether (sulfide) groups is 1. The SMILES string of the molecule is CCCCCCCCN1C(=O)/C(=C/c2c(C)c(C#N)c(=O)n(CC)c2N2CCCCCC2)SC1=S. The van der Waals surface area contributed by atoms with Gasteiger partial charge >= 0.3 is 0 Å². The Labute approximate surface area is 219 Å². The molecule has 0 aliphatic carbocycles. The number of carbonyl (C=O) groups excluding carboxylic acids is 1. The van der Waals surface area contributed by atoms with Gasteiger partial charge in [-0.3, -0.25) is 19.1 Å². The minimum Gasteiger partial charge on any atom is -0.357 e. The molecule has 190 valence electrons. The van der Waals surface area contributed by atoms with E-state index in [2.05, 4.69) is 17.9 Å². The van der Waals surface area contributed by atoms with Gasteiger partial charge < -0.3 is 4.90 Å². The molecule has 3 heterocycles. The van der Waals surface area contributed by atoms with Crippen molar-refractivity contribution in [3.8, 4) is 6.07 Å². The molecular weight excluding hydrogens is 476 g/mol. The van der Waals surface area contributed by atoms with Crippen LogP contribution in [-0.2, 0) is 11.3 Å². The molecule has 35 heavy (non-hydrogen) atoms. The number of pyridine rings is 1. The Morgan fingerprint density at radius 3 is 2.31 bits per heavy atom. The van der Waals surface area contributed by atoms with Gasteiger partial charge in [0.2, 0.25) is 0 Å². The fraction of sp³-hybridized carbons (Fsp3) is 0.630. The third kappa shape index (κ3) is 6.37. The van der Waals surface area contributed by atoms with Crippen LogP contribution in [0.25, 0.3) is 6.08 Å². The highest BCUT2D eigenvalue weighted by Crippen LogP contribution is 2.36. The molecular formula is C27H38N4O2S2. The summed E-state index contributed by atoms with van der Waals surface area (Å²) in [7, 11) is 0.